The Morgan fingerprint density at radius 2 is 1.83 bits per heavy atom. The Hall–Kier alpha value is -2.00. The number of halogens is 1. The summed E-state index contributed by atoms with van der Waals surface area (Å²) in [6, 6.07) is 11.5. The highest BCUT2D eigenvalue weighted by Crippen LogP contribution is 2.28. The van der Waals surface area contributed by atoms with Gasteiger partial charge in [0.2, 0.25) is 0 Å². The van der Waals surface area contributed by atoms with E-state index < -0.39 is 5.97 Å². The summed E-state index contributed by atoms with van der Waals surface area (Å²) >= 11 is 5.94. The molecule has 0 heterocycles. The minimum absolute atomic E-state index is 0.167. The van der Waals surface area contributed by atoms with E-state index in [0.717, 1.165) is 5.56 Å². The second-order valence-corrected chi connectivity index (χ2v) is 4.16. The first-order valence-corrected chi connectivity index (χ1v) is 5.67. The molecule has 92 valence electrons. The Morgan fingerprint density at radius 1 is 1.17 bits per heavy atom. The zero-order valence-corrected chi connectivity index (χ0v) is 10.4. The standard InChI is InChI=1S/C14H11ClO3/c1-18-14(17)12-7-4-10(15)8-13(12)9-2-5-11(16)6-3-9/h2-8,16H,1H3. The van der Waals surface area contributed by atoms with Crippen molar-refractivity contribution in [1.82, 2.24) is 0 Å². The van der Waals surface area contributed by atoms with E-state index in [1.54, 1.807) is 42.5 Å². The fourth-order valence-corrected chi connectivity index (χ4v) is 1.86. The molecule has 0 bridgehead atoms. The Kier molecular flexibility index (Phi) is 3.53. The number of benzene rings is 2. The van der Waals surface area contributed by atoms with Gasteiger partial charge in [0.25, 0.3) is 0 Å². The van der Waals surface area contributed by atoms with E-state index in [2.05, 4.69) is 0 Å². The number of ether oxygens (including phenoxy) is 1. The SMILES string of the molecule is COC(=O)c1ccc(Cl)cc1-c1ccc(O)cc1. The quantitative estimate of drug-likeness (QED) is 0.843. The van der Waals surface area contributed by atoms with Gasteiger partial charge in [0.1, 0.15) is 5.75 Å². The largest absolute Gasteiger partial charge is 0.508 e. The number of phenols is 1. The summed E-state index contributed by atoms with van der Waals surface area (Å²) in [5.74, 6) is -0.255. The van der Waals surface area contributed by atoms with Crippen LogP contribution in [-0.2, 0) is 4.74 Å². The molecule has 0 unspecified atom stereocenters. The van der Waals surface area contributed by atoms with Gasteiger partial charge in [0, 0.05) is 5.02 Å². The van der Waals surface area contributed by atoms with Gasteiger partial charge in [-0.05, 0) is 41.5 Å². The first-order valence-electron chi connectivity index (χ1n) is 5.29. The van der Waals surface area contributed by atoms with E-state index in [-0.39, 0.29) is 5.75 Å². The predicted octanol–water partition coefficient (Wildman–Crippen LogP) is 3.50. The number of hydrogen-bond acceptors (Lipinski definition) is 3. The van der Waals surface area contributed by atoms with Crippen molar-refractivity contribution in [2.45, 2.75) is 0 Å². The summed E-state index contributed by atoms with van der Waals surface area (Å²) in [6.45, 7) is 0. The zero-order valence-electron chi connectivity index (χ0n) is 9.68. The van der Waals surface area contributed by atoms with E-state index in [1.165, 1.54) is 7.11 Å². The average molecular weight is 263 g/mol. The number of methoxy groups -OCH3 is 1. The van der Waals surface area contributed by atoms with Crippen LogP contribution in [-0.4, -0.2) is 18.2 Å². The average Bonchev–Trinajstić information content (AvgIpc) is 2.38. The second-order valence-electron chi connectivity index (χ2n) is 3.73. The van der Waals surface area contributed by atoms with Crippen molar-refractivity contribution in [3.63, 3.8) is 0 Å². The lowest BCUT2D eigenvalue weighted by Gasteiger charge is -2.08. The molecule has 0 radical (unpaired) electrons. The highest BCUT2D eigenvalue weighted by molar-refractivity contribution is 6.31. The third-order valence-corrected chi connectivity index (χ3v) is 2.80. The van der Waals surface area contributed by atoms with Crippen LogP contribution >= 0.6 is 11.6 Å². The summed E-state index contributed by atoms with van der Waals surface area (Å²) in [5, 5.41) is 9.80. The Labute approximate surface area is 110 Å². The van der Waals surface area contributed by atoms with Gasteiger partial charge in [-0.2, -0.15) is 0 Å². The van der Waals surface area contributed by atoms with Crippen LogP contribution in [0.1, 0.15) is 10.4 Å². The van der Waals surface area contributed by atoms with Crippen LogP contribution in [0.25, 0.3) is 11.1 Å². The number of phenolic OH excluding ortho intramolecular Hbond substituents is 1. The maximum Gasteiger partial charge on any atom is 0.338 e. The fourth-order valence-electron chi connectivity index (χ4n) is 1.68. The summed E-state index contributed by atoms with van der Waals surface area (Å²) in [7, 11) is 1.33. The molecule has 4 heteroatoms. The summed E-state index contributed by atoms with van der Waals surface area (Å²) in [6.07, 6.45) is 0. The molecule has 0 spiro atoms. The third kappa shape index (κ3) is 2.46. The van der Waals surface area contributed by atoms with Crippen LogP contribution in [0, 0.1) is 0 Å². The van der Waals surface area contributed by atoms with Crippen molar-refractivity contribution in [1.29, 1.82) is 0 Å². The third-order valence-electron chi connectivity index (χ3n) is 2.57. The summed E-state index contributed by atoms with van der Waals surface area (Å²) in [4.78, 5) is 11.7. The van der Waals surface area contributed by atoms with Gasteiger partial charge in [0.15, 0.2) is 0 Å². The zero-order chi connectivity index (χ0) is 13.1. The molecular formula is C14H11ClO3. The second kappa shape index (κ2) is 5.10. The van der Waals surface area contributed by atoms with Crippen LogP contribution < -0.4 is 0 Å². The van der Waals surface area contributed by atoms with Crippen LogP contribution in [0.2, 0.25) is 5.02 Å². The number of aromatic hydroxyl groups is 1. The van der Waals surface area contributed by atoms with Gasteiger partial charge in [-0.1, -0.05) is 23.7 Å². The van der Waals surface area contributed by atoms with Crippen molar-refractivity contribution in [2.75, 3.05) is 7.11 Å². The summed E-state index contributed by atoms with van der Waals surface area (Å²) in [5.41, 5.74) is 1.90. The predicted molar refractivity (Wildman–Crippen MR) is 69.9 cm³/mol. The molecule has 0 aromatic heterocycles. The molecule has 0 saturated heterocycles. The highest BCUT2D eigenvalue weighted by atomic mass is 35.5. The van der Waals surface area contributed by atoms with Crippen molar-refractivity contribution >= 4 is 17.6 Å². The number of carbonyl (C=O) groups is 1. The lowest BCUT2D eigenvalue weighted by Crippen LogP contribution is -2.03. The maximum absolute atomic E-state index is 11.7. The van der Waals surface area contributed by atoms with Crippen LogP contribution in [0.4, 0.5) is 0 Å². The molecule has 0 fully saturated rings. The van der Waals surface area contributed by atoms with Crippen LogP contribution in [0.5, 0.6) is 5.75 Å². The molecule has 2 rings (SSSR count). The minimum Gasteiger partial charge on any atom is -0.508 e. The van der Waals surface area contributed by atoms with E-state index in [0.29, 0.717) is 16.1 Å². The Balaban J connectivity index is 2.57. The van der Waals surface area contributed by atoms with Gasteiger partial charge in [-0.3, -0.25) is 0 Å². The Morgan fingerprint density at radius 3 is 2.44 bits per heavy atom. The first kappa shape index (κ1) is 12.5. The minimum atomic E-state index is -0.422. The number of rotatable bonds is 2. The lowest BCUT2D eigenvalue weighted by molar-refractivity contribution is 0.0601. The molecule has 2 aromatic carbocycles. The molecule has 0 saturated carbocycles. The molecule has 1 N–H and O–H groups in total. The van der Waals surface area contributed by atoms with E-state index in [4.69, 9.17) is 16.3 Å². The van der Waals surface area contributed by atoms with Gasteiger partial charge < -0.3 is 9.84 Å². The monoisotopic (exact) mass is 262 g/mol. The Bertz CT molecular complexity index is 576. The van der Waals surface area contributed by atoms with Crippen molar-refractivity contribution in [3.8, 4) is 16.9 Å². The van der Waals surface area contributed by atoms with E-state index in [1.807, 2.05) is 0 Å². The molecule has 3 nitrogen and oxygen atoms in total. The van der Waals surface area contributed by atoms with Gasteiger partial charge in [0.05, 0.1) is 12.7 Å². The normalized spacial score (nSPS) is 10.1. The number of esters is 1. The number of carbonyl (C=O) groups excluding carboxylic acids is 1. The molecule has 0 amide bonds. The topological polar surface area (TPSA) is 46.5 Å². The molecule has 18 heavy (non-hydrogen) atoms. The fraction of sp³-hybridized carbons (Fsp3) is 0.0714. The highest BCUT2D eigenvalue weighted by Gasteiger charge is 2.13. The van der Waals surface area contributed by atoms with Crippen molar-refractivity contribution in [2.24, 2.45) is 0 Å². The molecule has 0 aliphatic rings. The maximum atomic E-state index is 11.7. The van der Waals surface area contributed by atoms with Gasteiger partial charge in [-0.15, -0.1) is 0 Å². The first-order chi connectivity index (χ1) is 8.61. The molecule has 0 atom stereocenters. The number of hydrogen-bond donors (Lipinski definition) is 1. The van der Waals surface area contributed by atoms with Crippen molar-refractivity contribution in [3.05, 3.63) is 53.1 Å². The molecular weight excluding hydrogens is 252 g/mol. The lowest BCUT2D eigenvalue weighted by atomic mass is 9.99. The smallest absolute Gasteiger partial charge is 0.338 e. The van der Waals surface area contributed by atoms with E-state index >= 15 is 0 Å². The van der Waals surface area contributed by atoms with Crippen molar-refractivity contribution < 1.29 is 14.6 Å². The van der Waals surface area contributed by atoms with E-state index in [9.17, 15) is 9.90 Å². The van der Waals surface area contributed by atoms with Gasteiger partial charge >= 0.3 is 5.97 Å². The molecule has 0 aliphatic heterocycles. The van der Waals surface area contributed by atoms with Crippen LogP contribution in [0.3, 0.4) is 0 Å². The van der Waals surface area contributed by atoms with Gasteiger partial charge in [-0.25, -0.2) is 4.79 Å². The van der Waals surface area contributed by atoms with Crippen LogP contribution in [0.15, 0.2) is 42.5 Å². The molecule has 2 aromatic rings. The molecule has 0 aliphatic carbocycles. The summed E-state index contributed by atoms with van der Waals surface area (Å²) < 4.78 is 4.73.